The van der Waals surface area contributed by atoms with Crippen molar-refractivity contribution in [2.45, 2.75) is 69.6 Å². The van der Waals surface area contributed by atoms with Crippen LogP contribution in [0.1, 0.15) is 33.6 Å². The molecule has 5 atom stereocenters. The van der Waals surface area contributed by atoms with Gasteiger partial charge in [-0.25, -0.2) is 0 Å². The molecule has 0 amide bonds. The Balaban J connectivity index is 1.94. The highest BCUT2D eigenvalue weighted by atomic mass is 16.8. The van der Waals surface area contributed by atoms with Crippen molar-refractivity contribution < 1.29 is 23.7 Å². The average molecular weight is 268 g/mol. The van der Waals surface area contributed by atoms with Gasteiger partial charge in [0.15, 0.2) is 5.79 Å². The van der Waals surface area contributed by atoms with Crippen LogP contribution in [-0.2, 0) is 23.7 Å². The second-order valence-electron chi connectivity index (χ2n) is 5.91. The van der Waals surface area contributed by atoms with Crippen LogP contribution in [0.15, 0.2) is 12.2 Å². The minimum Gasteiger partial charge on any atom is -0.344 e. The van der Waals surface area contributed by atoms with Crippen LogP contribution in [0.5, 0.6) is 0 Å². The van der Waals surface area contributed by atoms with Crippen LogP contribution in [0.25, 0.3) is 0 Å². The van der Waals surface area contributed by atoms with E-state index in [1.807, 2.05) is 32.9 Å². The Morgan fingerprint density at radius 3 is 2.68 bits per heavy atom. The molecular weight excluding hydrogens is 248 g/mol. The largest absolute Gasteiger partial charge is 0.344 e. The summed E-state index contributed by atoms with van der Waals surface area (Å²) in [6.07, 6.45) is 5.02. The first-order valence-electron chi connectivity index (χ1n) is 6.78. The van der Waals surface area contributed by atoms with Crippen molar-refractivity contribution in [3.63, 3.8) is 0 Å². The third-order valence-corrected chi connectivity index (χ3v) is 3.74. The van der Waals surface area contributed by atoms with Gasteiger partial charge in [-0.1, -0.05) is 6.08 Å². The standard InChI is InChI=1S/C14H20O5/c1-9-5-4-6-14(16-9)12-11(7-10(8-15)17-14)18-13(2,3)19-12/h4,6,8-12H,5,7H2,1-3H3/t9-,10+,11-,12-,14-/m0/s1. The minimum absolute atomic E-state index is 0.0309. The predicted octanol–water partition coefficient (Wildman–Crippen LogP) is 1.56. The smallest absolute Gasteiger partial charge is 0.218 e. The molecule has 5 nitrogen and oxygen atoms in total. The molecule has 0 aromatic carbocycles. The summed E-state index contributed by atoms with van der Waals surface area (Å²) in [6.45, 7) is 5.71. The highest BCUT2D eigenvalue weighted by Crippen LogP contribution is 2.45. The third-order valence-electron chi connectivity index (χ3n) is 3.74. The van der Waals surface area contributed by atoms with Gasteiger partial charge in [0.05, 0.1) is 12.2 Å². The van der Waals surface area contributed by atoms with E-state index >= 15 is 0 Å². The van der Waals surface area contributed by atoms with Crippen LogP contribution in [0.4, 0.5) is 0 Å². The number of carbonyl (C=O) groups is 1. The maximum absolute atomic E-state index is 11.1. The summed E-state index contributed by atoms with van der Waals surface area (Å²) >= 11 is 0. The monoisotopic (exact) mass is 268 g/mol. The summed E-state index contributed by atoms with van der Waals surface area (Å²) < 4.78 is 23.7. The molecule has 3 rings (SSSR count). The predicted molar refractivity (Wildman–Crippen MR) is 66.4 cm³/mol. The lowest BCUT2D eigenvalue weighted by Gasteiger charge is -2.45. The van der Waals surface area contributed by atoms with E-state index in [9.17, 15) is 4.79 Å². The van der Waals surface area contributed by atoms with Crippen molar-refractivity contribution in [3.05, 3.63) is 12.2 Å². The maximum atomic E-state index is 11.1. The van der Waals surface area contributed by atoms with Crippen LogP contribution >= 0.6 is 0 Å². The lowest BCUT2D eigenvalue weighted by molar-refractivity contribution is -0.311. The van der Waals surface area contributed by atoms with Gasteiger partial charge < -0.3 is 23.7 Å². The van der Waals surface area contributed by atoms with Gasteiger partial charge in [0.2, 0.25) is 5.79 Å². The SMILES string of the molecule is C[C@H]1CC=C[C@]2(O1)O[C@@H](C=O)C[C@@H]1OC(C)(C)O[C@@H]12. The van der Waals surface area contributed by atoms with Crippen LogP contribution in [0.3, 0.4) is 0 Å². The molecule has 1 spiro atoms. The van der Waals surface area contributed by atoms with Gasteiger partial charge in [-0.2, -0.15) is 0 Å². The molecule has 106 valence electrons. The number of aldehydes is 1. The second kappa shape index (κ2) is 4.38. The summed E-state index contributed by atoms with van der Waals surface area (Å²) in [6, 6.07) is 0. The number of fused-ring (bicyclic) bond motifs is 2. The molecule has 2 fully saturated rings. The summed E-state index contributed by atoms with van der Waals surface area (Å²) in [5.74, 6) is -1.68. The van der Waals surface area contributed by atoms with Crippen molar-refractivity contribution in [3.8, 4) is 0 Å². The van der Waals surface area contributed by atoms with Crippen LogP contribution in [0.2, 0.25) is 0 Å². The van der Waals surface area contributed by atoms with E-state index in [0.29, 0.717) is 6.42 Å². The van der Waals surface area contributed by atoms with E-state index in [0.717, 1.165) is 12.7 Å². The Bertz CT molecular complexity index is 405. The Morgan fingerprint density at radius 1 is 1.21 bits per heavy atom. The lowest BCUT2D eigenvalue weighted by Crippen LogP contribution is -2.59. The Morgan fingerprint density at radius 2 is 2.00 bits per heavy atom. The van der Waals surface area contributed by atoms with E-state index in [-0.39, 0.29) is 18.3 Å². The topological polar surface area (TPSA) is 54.0 Å². The Kier molecular flexibility index (Phi) is 3.05. The highest BCUT2D eigenvalue weighted by Gasteiger charge is 2.59. The second-order valence-corrected chi connectivity index (χ2v) is 5.91. The molecule has 3 aliphatic rings. The molecule has 0 radical (unpaired) electrons. The van der Waals surface area contributed by atoms with Gasteiger partial charge in [-0.3, -0.25) is 0 Å². The first kappa shape index (κ1) is 13.2. The zero-order valence-corrected chi connectivity index (χ0v) is 11.5. The van der Waals surface area contributed by atoms with Gasteiger partial charge >= 0.3 is 0 Å². The fourth-order valence-corrected chi connectivity index (χ4v) is 3.07. The molecule has 5 heteroatoms. The quantitative estimate of drug-likeness (QED) is 0.533. The third kappa shape index (κ3) is 2.25. The van der Waals surface area contributed by atoms with Gasteiger partial charge in [-0.15, -0.1) is 0 Å². The molecule has 0 bridgehead atoms. The zero-order valence-electron chi connectivity index (χ0n) is 11.5. The average Bonchev–Trinajstić information content (AvgIpc) is 2.64. The summed E-state index contributed by atoms with van der Waals surface area (Å²) in [7, 11) is 0. The summed E-state index contributed by atoms with van der Waals surface area (Å²) in [4.78, 5) is 11.1. The van der Waals surface area contributed by atoms with Crippen molar-refractivity contribution in [2.24, 2.45) is 0 Å². The van der Waals surface area contributed by atoms with Crippen LogP contribution in [0, 0.1) is 0 Å². The number of ether oxygens (including phenoxy) is 4. The number of rotatable bonds is 1. The molecule has 19 heavy (non-hydrogen) atoms. The fourth-order valence-electron chi connectivity index (χ4n) is 3.07. The number of carbonyl (C=O) groups excluding carboxylic acids is 1. The molecule has 0 unspecified atom stereocenters. The van der Waals surface area contributed by atoms with Gasteiger partial charge in [0.1, 0.15) is 18.5 Å². The van der Waals surface area contributed by atoms with E-state index < -0.39 is 17.7 Å². The highest BCUT2D eigenvalue weighted by molar-refractivity contribution is 5.56. The molecule has 0 aromatic heterocycles. The maximum Gasteiger partial charge on any atom is 0.218 e. The molecule has 2 saturated heterocycles. The van der Waals surface area contributed by atoms with Gasteiger partial charge in [-0.05, 0) is 33.3 Å². The van der Waals surface area contributed by atoms with E-state index in [4.69, 9.17) is 18.9 Å². The van der Waals surface area contributed by atoms with Crippen molar-refractivity contribution in [1.29, 1.82) is 0 Å². The summed E-state index contributed by atoms with van der Waals surface area (Å²) in [5.41, 5.74) is 0. The van der Waals surface area contributed by atoms with E-state index in [1.54, 1.807) is 0 Å². The normalized spacial score (nSPS) is 48.2. The van der Waals surface area contributed by atoms with E-state index in [2.05, 4.69) is 0 Å². The van der Waals surface area contributed by atoms with Crippen LogP contribution in [-0.4, -0.2) is 42.3 Å². The minimum atomic E-state index is -1.00. The molecule has 3 heterocycles. The Hall–Kier alpha value is -0.750. The molecule has 0 aliphatic carbocycles. The van der Waals surface area contributed by atoms with Crippen molar-refractivity contribution in [2.75, 3.05) is 0 Å². The molecule has 0 aromatic rings. The molecular formula is C14H20O5. The Labute approximate surface area is 112 Å². The molecule has 0 saturated carbocycles. The first-order chi connectivity index (χ1) is 8.94. The zero-order chi connectivity index (χ0) is 13.7. The van der Waals surface area contributed by atoms with Crippen LogP contribution < -0.4 is 0 Å². The number of hydrogen-bond donors (Lipinski definition) is 0. The molecule has 3 aliphatic heterocycles. The lowest BCUT2D eigenvalue weighted by atomic mass is 9.93. The number of hydrogen-bond acceptors (Lipinski definition) is 5. The first-order valence-corrected chi connectivity index (χ1v) is 6.78. The van der Waals surface area contributed by atoms with Gasteiger partial charge in [0, 0.05) is 6.42 Å². The van der Waals surface area contributed by atoms with Crippen molar-refractivity contribution in [1.82, 2.24) is 0 Å². The van der Waals surface area contributed by atoms with Crippen molar-refractivity contribution >= 4 is 6.29 Å². The van der Waals surface area contributed by atoms with Gasteiger partial charge in [0.25, 0.3) is 0 Å². The fraction of sp³-hybridized carbons (Fsp3) is 0.786. The summed E-state index contributed by atoms with van der Waals surface area (Å²) in [5, 5.41) is 0. The molecule has 0 N–H and O–H groups in total. The van der Waals surface area contributed by atoms with E-state index in [1.165, 1.54) is 0 Å².